The van der Waals surface area contributed by atoms with Crippen LogP contribution >= 0.6 is 11.3 Å². The van der Waals surface area contributed by atoms with E-state index in [9.17, 15) is 18.0 Å². The summed E-state index contributed by atoms with van der Waals surface area (Å²) in [7, 11) is 0. The number of amides is 1. The molecule has 0 unspecified atom stereocenters. The molecule has 1 amide bonds. The maximum atomic E-state index is 13.5. The van der Waals surface area contributed by atoms with Crippen LogP contribution in [0.1, 0.15) is 54.4 Å². The highest BCUT2D eigenvalue weighted by atomic mass is 32.1. The number of halogens is 3. The van der Waals surface area contributed by atoms with Gasteiger partial charge in [0.2, 0.25) is 0 Å². The molecule has 36 heavy (non-hydrogen) atoms. The van der Waals surface area contributed by atoms with Crippen LogP contribution in [0.3, 0.4) is 0 Å². The third-order valence-electron chi connectivity index (χ3n) is 6.06. The number of thiazole rings is 1. The van der Waals surface area contributed by atoms with E-state index in [-0.39, 0.29) is 35.5 Å². The number of carbonyl (C=O) groups excluding carboxylic acids is 1. The fourth-order valence-corrected chi connectivity index (χ4v) is 5.07. The van der Waals surface area contributed by atoms with E-state index < -0.39 is 17.6 Å². The van der Waals surface area contributed by atoms with Gasteiger partial charge in [-0.2, -0.15) is 18.2 Å². The van der Waals surface area contributed by atoms with Gasteiger partial charge in [-0.25, -0.2) is 0 Å². The molecule has 0 spiro atoms. The van der Waals surface area contributed by atoms with Crippen LogP contribution in [-0.4, -0.2) is 55.6 Å². The van der Waals surface area contributed by atoms with E-state index in [1.54, 1.807) is 0 Å². The molecular formula is C25H32F3N3O4S. The molecule has 11 heteroatoms. The molecule has 2 fully saturated rings. The SMILES string of the molecule is CC(C)(C)c1cn(C[C@H]2CCCO2)c(=NC(=O)c2cc(C(F)(F)F)ccc2OC[C@@H]2COCCN2)s1. The van der Waals surface area contributed by atoms with Crippen LogP contribution in [-0.2, 0) is 27.6 Å². The number of aromatic nitrogens is 1. The van der Waals surface area contributed by atoms with Crippen molar-refractivity contribution in [2.75, 3.05) is 33.0 Å². The molecular weight excluding hydrogens is 495 g/mol. The van der Waals surface area contributed by atoms with Gasteiger partial charge in [0, 0.05) is 24.2 Å². The van der Waals surface area contributed by atoms with E-state index in [4.69, 9.17) is 14.2 Å². The zero-order valence-corrected chi connectivity index (χ0v) is 21.5. The van der Waals surface area contributed by atoms with Crippen molar-refractivity contribution in [3.63, 3.8) is 0 Å². The molecule has 198 valence electrons. The number of nitrogens with zero attached hydrogens (tertiary/aromatic N) is 2. The van der Waals surface area contributed by atoms with Gasteiger partial charge < -0.3 is 24.1 Å². The van der Waals surface area contributed by atoms with Crippen LogP contribution in [0.15, 0.2) is 29.4 Å². The van der Waals surface area contributed by atoms with Crippen molar-refractivity contribution in [3.8, 4) is 5.75 Å². The van der Waals surface area contributed by atoms with Gasteiger partial charge in [0.1, 0.15) is 12.4 Å². The Kier molecular flexibility index (Phi) is 8.23. The molecule has 1 aromatic heterocycles. The van der Waals surface area contributed by atoms with Gasteiger partial charge in [0.15, 0.2) is 4.80 Å². The molecule has 2 saturated heterocycles. The van der Waals surface area contributed by atoms with Crippen LogP contribution < -0.4 is 14.9 Å². The van der Waals surface area contributed by atoms with E-state index in [1.807, 2.05) is 10.8 Å². The minimum absolute atomic E-state index is 0.0131. The molecule has 2 aromatic rings. The first-order valence-electron chi connectivity index (χ1n) is 12.1. The maximum Gasteiger partial charge on any atom is 0.416 e. The van der Waals surface area contributed by atoms with Gasteiger partial charge >= 0.3 is 6.18 Å². The summed E-state index contributed by atoms with van der Waals surface area (Å²) >= 11 is 1.35. The number of ether oxygens (including phenoxy) is 3. The van der Waals surface area contributed by atoms with Crippen LogP contribution in [0.2, 0.25) is 0 Å². The Bertz CT molecular complexity index is 1120. The van der Waals surface area contributed by atoms with E-state index in [0.29, 0.717) is 37.7 Å². The van der Waals surface area contributed by atoms with Crippen molar-refractivity contribution >= 4 is 17.2 Å². The number of hydrogen-bond acceptors (Lipinski definition) is 6. The Labute approximate surface area is 212 Å². The summed E-state index contributed by atoms with van der Waals surface area (Å²) in [6, 6.07) is 2.79. The zero-order chi connectivity index (χ0) is 25.9. The molecule has 4 rings (SSSR count). The summed E-state index contributed by atoms with van der Waals surface area (Å²) in [6.07, 6.45) is -0.755. The molecule has 2 atom stereocenters. The maximum absolute atomic E-state index is 13.5. The average molecular weight is 528 g/mol. The quantitative estimate of drug-likeness (QED) is 0.611. The van der Waals surface area contributed by atoms with Gasteiger partial charge in [-0.1, -0.05) is 20.8 Å². The predicted octanol–water partition coefficient (Wildman–Crippen LogP) is 4.15. The van der Waals surface area contributed by atoms with Crippen molar-refractivity contribution in [1.29, 1.82) is 0 Å². The fourth-order valence-electron chi connectivity index (χ4n) is 4.02. The highest BCUT2D eigenvalue weighted by Crippen LogP contribution is 2.33. The third-order valence-corrected chi connectivity index (χ3v) is 7.50. The lowest BCUT2D eigenvalue weighted by molar-refractivity contribution is -0.137. The van der Waals surface area contributed by atoms with Gasteiger partial charge in [0.25, 0.3) is 5.91 Å². The van der Waals surface area contributed by atoms with Crippen LogP contribution in [0.5, 0.6) is 5.75 Å². The summed E-state index contributed by atoms with van der Waals surface area (Å²) < 4.78 is 59.2. The van der Waals surface area contributed by atoms with Gasteiger partial charge in [0.05, 0.1) is 43.0 Å². The molecule has 2 aliphatic rings. The second kappa shape index (κ2) is 11.0. The molecule has 2 aliphatic heterocycles. The van der Waals surface area contributed by atoms with Crippen molar-refractivity contribution in [2.45, 2.75) is 63.9 Å². The number of morpholine rings is 1. The van der Waals surface area contributed by atoms with Crippen LogP contribution in [0.4, 0.5) is 13.2 Å². The Balaban J connectivity index is 1.68. The molecule has 0 bridgehead atoms. The summed E-state index contributed by atoms with van der Waals surface area (Å²) in [5.41, 5.74) is -1.34. The number of benzene rings is 1. The van der Waals surface area contributed by atoms with Crippen molar-refractivity contribution in [1.82, 2.24) is 9.88 Å². The van der Waals surface area contributed by atoms with E-state index in [1.165, 1.54) is 17.4 Å². The van der Waals surface area contributed by atoms with E-state index in [0.717, 1.165) is 29.9 Å². The minimum atomic E-state index is -4.60. The molecule has 0 saturated carbocycles. The largest absolute Gasteiger partial charge is 0.491 e. The van der Waals surface area contributed by atoms with Crippen molar-refractivity contribution in [3.05, 3.63) is 45.2 Å². The number of rotatable bonds is 6. The van der Waals surface area contributed by atoms with Crippen LogP contribution in [0.25, 0.3) is 0 Å². The second-order valence-corrected chi connectivity index (χ2v) is 11.1. The zero-order valence-electron chi connectivity index (χ0n) is 20.7. The highest BCUT2D eigenvalue weighted by Gasteiger charge is 2.32. The topological polar surface area (TPSA) is 74.1 Å². The first-order chi connectivity index (χ1) is 17.0. The van der Waals surface area contributed by atoms with Crippen molar-refractivity contribution < 1.29 is 32.2 Å². The first kappa shape index (κ1) is 26.8. The summed E-state index contributed by atoms with van der Waals surface area (Å²) in [5.74, 6) is -0.727. The standard InChI is InChI=1S/C25H32F3N3O4S/c1-24(2,3)21-13-31(12-18-5-4-9-34-18)23(36-21)30-22(32)19-11-16(25(26,27)28)6-7-20(19)35-15-17-14-33-10-8-29-17/h6-7,11,13,17-18,29H,4-5,8-10,12,14-15H2,1-3H3/t17-,18+/m0/s1. The predicted molar refractivity (Wildman–Crippen MR) is 129 cm³/mol. The van der Waals surface area contributed by atoms with E-state index >= 15 is 0 Å². The molecule has 1 N–H and O–H groups in total. The number of hydrogen-bond donors (Lipinski definition) is 1. The summed E-state index contributed by atoms with van der Waals surface area (Å²) in [6.45, 7) is 9.20. The Hall–Kier alpha value is -2.21. The van der Waals surface area contributed by atoms with Crippen molar-refractivity contribution in [2.24, 2.45) is 4.99 Å². The lowest BCUT2D eigenvalue weighted by atomic mass is 9.95. The summed E-state index contributed by atoms with van der Waals surface area (Å²) in [4.78, 5) is 19.0. The van der Waals surface area contributed by atoms with Crippen LogP contribution in [0, 0.1) is 0 Å². The second-order valence-electron chi connectivity index (χ2n) is 10.1. The lowest BCUT2D eigenvalue weighted by Crippen LogP contribution is -2.44. The Morgan fingerprint density at radius 3 is 2.72 bits per heavy atom. The number of carbonyl (C=O) groups is 1. The van der Waals surface area contributed by atoms with Gasteiger partial charge in [-0.05, 0) is 36.5 Å². The minimum Gasteiger partial charge on any atom is -0.491 e. The summed E-state index contributed by atoms with van der Waals surface area (Å²) in [5, 5.41) is 3.22. The Morgan fingerprint density at radius 1 is 1.28 bits per heavy atom. The molecule has 1 aromatic carbocycles. The monoisotopic (exact) mass is 527 g/mol. The molecule has 3 heterocycles. The number of alkyl halides is 3. The Morgan fingerprint density at radius 2 is 2.08 bits per heavy atom. The smallest absolute Gasteiger partial charge is 0.416 e. The molecule has 0 radical (unpaired) electrons. The number of nitrogens with one attached hydrogen (secondary N) is 1. The average Bonchev–Trinajstić information content (AvgIpc) is 3.48. The van der Waals surface area contributed by atoms with Gasteiger partial charge in [-0.15, -0.1) is 11.3 Å². The third kappa shape index (κ3) is 6.76. The highest BCUT2D eigenvalue weighted by molar-refractivity contribution is 7.09. The first-order valence-corrected chi connectivity index (χ1v) is 12.9. The van der Waals surface area contributed by atoms with E-state index in [2.05, 4.69) is 31.1 Å². The van der Waals surface area contributed by atoms with Gasteiger partial charge in [-0.3, -0.25) is 4.79 Å². The normalized spacial score (nSPS) is 21.7. The fraction of sp³-hybridized carbons (Fsp3) is 0.600. The lowest BCUT2D eigenvalue weighted by Gasteiger charge is -2.24. The molecule has 0 aliphatic carbocycles. The molecule has 7 nitrogen and oxygen atoms in total.